The van der Waals surface area contributed by atoms with Gasteiger partial charge in [0.25, 0.3) is 11.5 Å². The summed E-state index contributed by atoms with van der Waals surface area (Å²) in [4.78, 5) is 30.1. The summed E-state index contributed by atoms with van der Waals surface area (Å²) in [7, 11) is 0. The summed E-state index contributed by atoms with van der Waals surface area (Å²) in [6.07, 6.45) is 0. The molecular formula is C32H16N8OTi. The van der Waals surface area contributed by atoms with Crippen molar-refractivity contribution in [2.75, 3.05) is 0 Å². The number of amidine groups is 2. The van der Waals surface area contributed by atoms with E-state index >= 15 is 0 Å². The van der Waals surface area contributed by atoms with Crippen LogP contribution in [0.2, 0.25) is 0 Å². The number of rotatable bonds is 0. The first-order valence-corrected chi connectivity index (χ1v) is 13.3. The minimum atomic E-state index is 0. The Hall–Kier alpha value is -5.25. The molecule has 0 fully saturated rings. The Balaban J connectivity index is 0.00000250. The standard InChI is InChI=1S/C32H16N8O.Ti/c1-3-11-19-17(9-1)25-33-26-18-10-2-4-12-20(18)28(35-26)37-30-22-14-6-8-16-24(22)32-38-31-23-15-7-5-13-21(23)29(36-27(19)34-25)39(31)41-40(30)32;/h1-16H;. The van der Waals surface area contributed by atoms with E-state index in [9.17, 15) is 0 Å². The molecule has 10 heteroatoms. The first-order chi connectivity index (χ1) is 20.3. The maximum atomic E-state index is 6.65. The van der Waals surface area contributed by atoms with Gasteiger partial charge in [-0.05, 0) is 33.5 Å². The molecule has 0 atom stereocenters. The van der Waals surface area contributed by atoms with E-state index < -0.39 is 0 Å². The molecule has 0 unspecified atom stereocenters. The second-order valence-electron chi connectivity index (χ2n) is 10.1. The minimum Gasteiger partial charge on any atom is -0.357 e. The van der Waals surface area contributed by atoms with Crippen molar-refractivity contribution >= 4 is 61.3 Å². The van der Waals surface area contributed by atoms with E-state index in [-0.39, 0.29) is 21.7 Å². The molecule has 6 bridgehead atoms. The normalized spacial score (nSPS) is 13.7. The third-order valence-corrected chi connectivity index (χ3v) is 7.84. The second-order valence-corrected chi connectivity index (χ2v) is 10.1. The maximum absolute atomic E-state index is 6.65. The monoisotopic (exact) mass is 576 g/mol. The molecule has 6 aromatic rings. The van der Waals surface area contributed by atoms with Crippen molar-refractivity contribution < 1.29 is 31.1 Å². The van der Waals surface area contributed by atoms with Gasteiger partial charge in [-0.3, -0.25) is 0 Å². The van der Waals surface area contributed by atoms with Crippen molar-refractivity contribution in [2.24, 2.45) is 20.0 Å². The molecule has 0 N–H and O–H groups in total. The van der Waals surface area contributed by atoms with E-state index in [2.05, 4.69) is 0 Å². The van der Waals surface area contributed by atoms with Crippen molar-refractivity contribution in [2.45, 2.75) is 0 Å². The summed E-state index contributed by atoms with van der Waals surface area (Å²) in [6, 6.07) is 32.1. The fourth-order valence-electron chi connectivity index (χ4n) is 5.97. The van der Waals surface area contributed by atoms with Crippen LogP contribution in [-0.2, 0) is 21.7 Å². The largest absolute Gasteiger partial charge is 0.357 e. The van der Waals surface area contributed by atoms with Crippen LogP contribution in [-0.4, -0.2) is 21.2 Å². The first-order valence-electron chi connectivity index (χ1n) is 13.3. The number of aromatic nitrogens is 4. The van der Waals surface area contributed by atoms with E-state index in [0.717, 1.165) is 43.4 Å². The summed E-state index contributed by atoms with van der Waals surface area (Å²) in [5.41, 5.74) is 3.56. The van der Waals surface area contributed by atoms with Crippen molar-refractivity contribution in [1.29, 1.82) is 0 Å². The third kappa shape index (κ3) is 3.01. The molecular weight excluding hydrogens is 560 g/mol. The van der Waals surface area contributed by atoms with Gasteiger partial charge in [0.05, 0.1) is 16.6 Å². The van der Waals surface area contributed by atoms with Crippen LogP contribution in [0.25, 0.3) is 43.8 Å². The molecule has 0 amide bonds. The molecule has 6 heterocycles. The first kappa shape index (κ1) is 23.5. The van der Waals surface area contributed by atoms with Crippen LogP contribution in [0.4, 0.5) is 11.6 Å². The number of hydrogen-bond acceptors (Lipinski definition) is 6. The topological polar surface area (TPSA) is 97.9 Å². The van der Waals surface area contributed by atoms with E-state index in [0.29, 0.717) is 45.7 Å². The van der Waals surface area contributed by atoms with E-state index in [4.69, 9.17) is 34.6 Å². The second kappa shape index (κ2) is 8.39. The van der Waals surface area contributed by atoms with Crippen LogP contribution >= 0.6 is 0 Å². The SMILES string of the molecule is [Ti].c1ccc2c(c1)C1=NC2=Nc2c3ccccc3c3nc4c5ccccc5c([n+]-4on23)N=c2[n-]c(c3ccccc23)=N1. The summed E-state index contributed by atoms with van der Waals surface area (Å²) >= 11 is 0. The van der Waals surface area contributed by atoms with E-state index in [1.165, 1.54) is 0 Å². The Labute approximate surface area is 251 Å². The molecule has 194 valence electrons. The minimum absolute atomic E-state index is 0. The molecule has 0 saturated carbocycles. The van der Waals surface area contributed by atoms with Crippen LogP contribution in [0.15, 0.2) is 122 Å². The number of hydrogen-bond donors (Lipinski definition) is 0. The molecule has 0 aliphatic carbocycles. The van der Waals surface area contributed by atoms with Gasteiger partial charge in [0.1, 0.15) is 0 Å². The van der Waals surface area contributed by atoms with Gasteiger partial charge in [0, 0.05) is 54.6 Å². The fourth-order valence-corrected chi connectivity index (χ4v) is 5.97. The van der Waals surface area contributed by atoms with Crippen LogP contribution in [0.1, 0.15) is 11.1 Å². The van der Waals surface area contributed by atoms with Crippen molar-refractivity contribution in [3.05, 3.63) is 119 Å². The van der Waals surface area contributed by atoms with Crippen molar-refractivity contribution in [1.82, 2.24) is 14.5 Å². The van der Waals surface area contributed by atoms with Gasteiger partial charge in [-0.15, -0.1) is 0 Å². The van der Waals surface area contributed by atoms with E-state index in [1.807, 2.05) is 97.1 Å². The molecule has 10 rings (SSSR count). The summed E-state index contributed by atoms with van der Waals surface area (Å²) in [6.45, 7) is 0. The van der Waals surface area contributed by atoms with Gasteiger partial charge < -0.3 is 15.0 Å². The number of benzene rings is 4. The van der Waals surface area contributed by atoms with Crippen LogP contribution in [0.3, 0.4) is 0 Å². The zero-order chi connectivity index (χ0) is 26.7. The molecule has 4 aliphatic heterocycles. The van der Waals surface area contributed by atoms with Crippen LogP contribution in [0.5, 0.6) is 0 Å². The third-order valence-electron chi connectivity index (χ3n) is 7.84. The Bertz CT molecular complexity index is 2610. The predicted octanol–water partition coefficient (Wildman–Crippen LogP) is 4.48. The van der Waals surface area contributed by atoms with Crippen LogP contribution in [0, 0.1) is 0 Å². The van der Waals surface area contributed by atoms with Gasteiger partial charge in [-0.25, -0.2) is 4.99 Å². The van der Waals surface area contributed by atoms with Gasteiger partial charge in [-0.2, -0.15) is 9.62 Å². The van der Waals surface area contributed by atoms with Gasteiger partial charge >= 0.3 is 0 Å². The van der Waals surface area contributed by atoms with Gasteiger partial charge in [0.2, 0.25) is 5.82 Å². The Kier molecular flexibility index (Phi) is 4.68. The van der Waals surface area contributed by atoms with Gasteiger partial charge in [0.15, 0.2) is 11.7 Å². The predicted molar refractivity (Wildman–Crippen MR) is 154 cm³/mol. The Morgan fingerprint density at radius 2 is 1.14 bits per heavy atom. The molecule has 9 nitrogen and oxygen atoms in total. The average Bonchev–Trinajstić information content (AvgIpc) is 3.73. The number of fused-ring (bicyclic) bond motifs is 15. The summed E-state index contributed by atoms with van der Waals surface area (Å²) in [5, 5.41) is 5.46. The number of nitrogens with zero attached hydrogens (tertiary/aromatic N) is 8. The maximum Gasteiger partial charge on any atom is 0.282 e. The average molecular weight is 576 g/mol. The molecule has 4 aliphatic rings. The summed E-state index contributed by atoms with van der Waals surface area (Å²) < 4.78 is 9.99. The van der Waals surface area contributed by atoms with Crippen molar-refractivity contribution in [3.63, 3.8) is 0 Å². The zero-order valence-electron chi connectivity index (χ0n) is 21.7. The Morgan fingerprint density at radius 3 is 1.88 bits per heavy atom. The zero-order valence-corrected chi connectivity index (χ0v) is 23.3. The molecule has 0 saturated heterocycles. The molecule has 2 aromatic heterocycles. The molecule has 4 aromatic carbocycles. The van der Waals surface area contributed by atoms with Crippen LogP contribution < -0.4 is 20.7 Å². The molecule has 42 heavy (non-hydrogen) atoms. The fraction of sp³-hybridized carbons (Fsp3) is 0. The van der Waals surface area contributed by atoms with Gasteiger partial charge in [-0.1, -0.05) is 88.6 Å². The smallest absolute Gasteiger partial charge is 0.282 e. The number of aliphatic imine (C=N–C) groups is 2. The summed E-state index contributed by atoms with van der Waals surface area (Å²) in [5.74, 6) is 2.96. The molecule has 0 spiro atoms. The van der Waals surface area contributed by atoms with E-state index in [1.54, 1.807) is 9.31 Å². The Morgan fingerprint density at radius 1 is 0.571 bits per heavy atom. The quantitative estimate of drug-likeness (QED) is 0.197. The van der Waals surface area contributed by atoms with Crippen molar-refractivity contribution in [3.8, 4) is 5.82 Å². The molecule has 0 radical (unpaired) electrons.